The molecule has 4 heteroatoms. The fourth-order valence-corrected chi connectivity index (χ4v) is 2.62. The van der Waals surface area contributed by atoms with Gasteiger partial charge < -0.3 is 0 Å². The lowest BCUT2D eigenvalue weighted by atomic mass is 10.0. The number of hydrogen-bond donors (Lipinski definition) is 0. The summed E-state index contributed by atoms with van der Waals surface area (Å²) >= 11 is 7.58. The third kappa shape index (κ3) is 3.05. The van der Waals surface area contributed by atoms with Crippen molar-refractivity contribution in [3.8, 4) is 0 Å². The van der Waals surface area contributed by atoms with Gasteiger partial charge in [0.2, 0.25) is 0 Å². The highest BCUT2D eigenvalue weighted by Crippen LogP contribution is 2.25. The lowest BCUT2D eigenvalue weighted by Gasteiger charge is -2.04. The van der Waals surface area contributed by atoms with Gasteiger partial charge in [-0.15, -0.1) is 21.8 Å². The zero-order valence-electron chi connectivity index (χ0n) is 10.2. The third-order valence-corrected chi connectivity index (χ3v) is 4.11. The van der Waals surface area contributed by atoms with Gasteiger partial charge in [-0.3, -0.25) is 0 Å². The highest BCUT2D eigenvalue weighted by Gasteiger charge is 2.10. The maximum absolute atomic E-state index is 5.98. The molecule has 0 aliphatic carbocycles. The summed E-state index contributed by atoms with van der Waals surface area (Å²) in [5.74, 6) is 0. The van der Waals surface area contributed by atoms with Gasteiger partial charge in [0, 0.05) is 6.42 Å². The van der Waals surface area contributed by atoms with Gasteiger partial charge in [-0.1, -0.05) is 35.1 Å². The number of aromatic nitrogens is 2. The predicted molar refractivity (Wildman–Crippen MR) is 72.9 cm³/mol. The van der Waals surface area contributed by atoms with Gasteiger partial charge in [0.25, 0.3) is 0 Å². The normalized spacial score (nSPS) is 12.7. The maximum Gasteiger partial charge on any atom is 0.135 e. The minimum Gasteiger partial charge on any atom is -0.143 e. The molecule has 0 aliphatic heterocycles. The number of alkyl halides is 1. The Morgan fingerprint density at radius 3 is 2.71 bits per heavy atom. The molecule has 1 aromatic heterocycles. The number of nitrogens with zero attached hydrogens (tertiary/aromatic N) is 2. The highest BCUT2D eigenvalue weighted by atomic mass is 35.5. The van der Waals surface area contributed by atoms with Crippen molar-refractivity contribution in [3.05, 3.63) is 44.9 Å². The van der Waals surface area contributed by atoms with Crippen molar-refractivity contribution in [2.75, 3.05) is 0 Å². The van der Waals surface area contributed by atoms with Crippen LogP contribution >= 0.6 is 22.9 Å². The Kier molecular flexibility index (Phi) is 3.79. The lowest BCUT2D eigenvalue weighted by molar-refractivity contribution is 0.929. The average molecular weight is 267 g/mol. The smallest absolute Gasteiger partial charge is 0.135 e. The molecule has 90 valence electrons. The quantitative estimate of drug-likeness (QED) is 0.784. The van der Waals surface area contributed by atoms with Crippen LogP contribution < -0.4 is 0 Å². The van der Waals surface area contributed by atoms with Crippen LogP contribution in [-0.4, -0.2) is 10.2 Å². The van der Waals surface area contributed by atoms with Crippen LogP contribution in [0.5, 0.6) is 0 Å². The largest absolute Gasteiger partial charge is 0.143 e. The number of hydrogen-bond acceptors (Lipinski definition) is 3. The molecule has 0 saturated heterocycles. The van der Waals surface area contributed by atoms with Crippen LogP contribution in [0.3, 0.4) is 0 Å². The monoisotopic (exact) mass is 266 g/mol. The molecule has 1 aromatic carbocycles. The summed E-state index contributed by atoms with van der Waals surface area (Å²) < 4.78 is 0. The van der Waals surface area contributed by atoms with Crippen molar-refractivity contribution < 1.29 is 0 Å². The molecule has 0 fully saturated rings. The topological polar surface area (TPSA) is 25.8 Å². The van der Waals surface area contributed by atoms with Crippen molar-refractivity contribution in [3.63, 3.8) is 0 Å². The maximum atomic E-state index is 5.98. The molecule has 0 amide bonds. The van der Waals surface area contributed by atoms with Crippen molar-refractivity contribution in [2.45, 2.75) is 32.6 Å². The zero-order valence-corrected chi connectivity index (χ0v) is 11.8. The Morgan fingerprint density at radius 2 is 2.06 bits per heavy atom. The molecule has 1 heterocycles. The summed E-state index contributed by atoms with van der Waals surface area (Å²) in [7, 11) is 0. The lowest BCUT2D eigenvalue weighted by Crippen LogP contribution is -1.92. The molecule has 2 nitrogen and oxygen atoms in total. The molecule has 0 spiro atoms. The Bertz CT molecular complexity index is 520. The Balaban J connectivity index is 2.22. The van der Waals surface area contributed by atoms with E-state index in [0.29, 0.717) is 0 Å². The second-order valence-corrected chi connectivity index (χ2v) is 6.01. The van der Waals surface area contributed by atoms with E-state index in [1.165, 1.54) is 16.7 Å². The van der Waals surface area contributed by atoms with E-state index in [4.69, 9.17) is 11.6 Å². The average Bonchev–Trinajstić information content (AvgIpc) is 2.72. The SMILES string of the molecule is Cc1ccc(C)c(Cc2nnc(C(C)Cl)s2)c1. The summed E-state index contributed by atoms with van der Waals surface area (Å²) in [6.07, 6.45) is 0.842. The number of rotatable bonds is 3. The standard InChI is InChI=1S/C13H15ClN2S/c1-8-4-5-9(2)11(6-8)7-12-15-16-13(17-12)10(3)14/h4-6,10H,7H2,1-3H3. The van der Waals surface area contributed by atoms with Crippen LogP contribution in [0.2, 0.25) is 0 Å². The van der Waals surface area contributed by atoms with E-state index >= 15 is 0 Å². The van der Waals surface area contributed by atoms with Gasteiger partial charge in [-0.25, -0.2) is 0 Å². The fourth-order valence-electron chi connectivity index (χ4n) is 1.65. The van der Waals surface area contributed by atoms with E-state index in [0.717, 1.165) is 16.4 Å². The highest BCUT2D eigenvalue weighted by molar-refractivity contribution is 7.11. The van der Waals surface area contributed by atoms with Gasteiger partial charge >= 0.3 is 0 Å². The third-order valence-electron chi connectivity index (χ3n) is 2.67. The predicted octanol–water partition coefficient (Wildman–Crippen LogP) is 4.05. The Hall–Kier alpha value is -0.930. The van der Waals surface area contributed by atoms with Crippen molar-refractivity contribution >= 4 is 22.9 Å². The van der Waals surface area contributed by atoms with E-state index < -0.39 is 0 Å². The molecule has 2 aromatic rings. The molecular weight excluding hydrogens is 252 g/mol. The van der Waals surface area contributed by atoms with E-state index in [1.54, 1.807) is 11.3 Å². The van der Waals surface area contributed by atoms with Gasteiger partial charge in [0.05, 0.1) is 5.38 Å². The Labute approximate surface area is 111 Å². The zero-order chi connectivity index (χ0) is 12.4. The first-order valence-electron chi connectivity index (χ1n) is 5.58. The second kappa shape index (κ2) is 5.15. The van der Waals surface area contributed by atoms with Crippen LogP contribution in [0.4, 0.5) is 0 Å². The van der Waals surface area contributed by atoms with Crippen LogP contribution in [0.1, 0.15) is 39.0 Å². The van der Waals surface area contributed by atoms with E-state index in [2.05, 4.69) is 42.2 Å². The first-order valence-corrected chi connectivity index (χ1v) is 6.84. The first kappa shape index (κ1) is 12.5. The summed E-state index contributed by atoms with van der Waals surface area (Å²) in [6.45, 7) is 6.15. The van der Waals surface area contributed by atoms with Gasteiger partial charge in [0.15, 0.2) is 0 Å². The van der Waals surface area contributed by atoms with E-state index in [1.807, 2.05) is 6.92 Å². The van der Waals surface area contributed by atoms with Crippen molar-refractivity contribution in [1.29, 1.82) is 0 Å². The molecule has 1 unspecified atom stereocenters. The van der Waals surface area contributed by atoms with Gasteiger partial charge in [-0.05, 0) is 31.9 Å². The summed E-state index contributed by atoms with van der Waals surface area (Å²) in [6, 6.07) is 6.49. The molecule has 2 rings (SSSR count). The molecule has 1 atom stereocenters. The number of aryl methyl sites for hydroxylation is 2. The van der Waals surface area contributed by atoms with E-state index in [-0.39, 0.29) is 5.38 Å². The molecule has 0 aliphatic rings. The number of benzene rings is 1. The van der Waals surface area contributed by atoms with Crippen LogP contribution in [0.25, 0.3) is 0 Å². The molecule has 0 bridgehead atoms. The second-order valence-electron chi connectivity index (χ2n) is 4.26. The summed E-state index contributed by atoms with van der Waals surface area (Å²) in [4.78, 5) is 0. The summed E-state index contributed by atoms with van der Waals surface area (Å²) in [5, 5.41) is 10.2. The first-order chi connectivity index (χ1) is 8.06. The molecule has 0 N–H and O–H groups in total. The minimum atomic E-state index is -0.0557. The van der Waals surface area contributed by atoms with Crippen molar-refractivity contribution in [1.82, 2.24) is 10.2 Å². The van der Waals surface area contributed by atoms with Crippen molar-refractivity contribution in [2.24, 2.45) is 0 Å². The minimum absolute atomic E-state index is 0.0557. The number of halogens is 1. The van der Waals surface area contributed by atoms with E-state index in [9.17, 15) is 0 Å². The van der Waals surface area contributed by atoms with Gasteiger partial charge in [-0.2, -0.15) is 0 Å². The van der Waals surface area contributed by atoms with Crippen LogP contribution in [0.15, 0.2) is 18.2 Å². The molecular formula is C13H15ClN2S. The molecule has 17 heavy (non-hydrogen) atoms. The van der Waals surface area contributed by atoms with Gasteiger partial charge in [0.1, 0.15) is 10.0 Å². The van der Waals surface area contributed by atoms with Crippen LogP contribution in [0, 0.1) is 13.8 Å². The van der Waals surface area contributed by atoms with Crippen LogP contribution in [-0.2, 0) is 6.42 Å². The summed E-state index contributed by atoms with van der Waals surface area (Å²) in [5.41, 5.74) is 3.89. The fraction of sp³-hybridized carbons (Fsp3) is 0.385. The molecule has 0 saturated carbocycles. The molecule has 0 radical (unpaired) electrons. The Morgan fingerprint density at radius 1 is 1.29 bits per heavy atom.